The predicted molar refractivity (Wildman–Crippen MR) is 76.2 cm³/mol. The molecule has 0 fully saturated rings. The van der Waals surface area contributed by atoms with Crippen LogP contribution in [0.15, 0.2) is 30.6 Å². The number of aromatic nitrogens is 2. The standard InChI is InChI=1S/C14H17N3O4/c1-3-13(18)11-7-15-16(9-11)8-10-4-5-14(21-2)12(6-10)17(19)20/h4-7,9,13,18H,3,8H2,1-2H3. The number of nitrogens with zero attached hydrogens (tertiary/aromatic N) is 3. The molecular formula is C14H17N3O4. The quantitative estimate of drug-likeness (QED) is 0.651. The van der Waals surface area contributed by atoms with Crippen molar-refractivity contribution < 1.29 is 14.8 Å². The van der Waals surface area contributed by atoms with Gasteiger partial charge in [-0.2, -0.15) is 5.10 Å². The van der Waals surface area contributed by atoms with E-state index in [1.807, 2.05) is 6.92 Å². The Kier molecular flexibility index (Phi) is 4.54. The molecule has 0 saturated carbocycles. The Morgan fingerprint density at radius 2 is 2.29 bits per heavy atom. The van der Waals surface area contributed by atoms with E-state index in [1.165, 1.54) is 13.2 Å². The molecule has 0 bridgehead atoms. The van der Waals surface area contributed by atoms with Crippen LogP contribution in [0.3, 0.4) is 0 Å². The third-order valence-electron chi connectivity index (χ3n) is 3.21. The number of aliphatic hydroxyl groups is 1. The maximum atomic E-state index is 11.0. The molecule has 112 valence electrons. The van der Waals surface area contributed by atoms with Crippen molar-refractivity contribution >= 4 is 5.69 Å². The molecule has 7 heteroatoms. The van der Waals surface area contributed by atoms with Crippen LogP contribution in [-0.4, -0.2) is 26.9 Å². The van der Waals surface area contributed by atoms with Crippen molar-refractivity contribution in [3.05, 3.63) is 51.8 Å². The molecule has 0 aliphatic rings. The molecule has 0 aliphatic carbocycles. The zero-order valence-electron chi connectivity index (χ0n) is 11.9. The van der Waals surface area contributed by atoms with Crippen molar-refractivity contribution in [2.45, 2.75) is 26.0 Å². The summed E-state index contributed by atoms with van der Waals surface area (Å²) in [6.45, 7) is 2.27. The summed E-state index contributed by atoms with van der Waals surface area (Å²) in [5.74, 6) is 0.228. The van der Waals surface area contributed by atoms with Crippen molar-refractivity contribution in [3.8, 4) is 5.75 Å². The van der Waals surface area contributed by atoms with Crippen molar-refractivity contribution in [2.75, 3.05) is 7.11 Å². The van der Waals surface area contributed by atoms with Gasteiger partial charge in [0.05, 0.1) is 30.9 Å². The van der Waals surface area contributed by atoms with E-state index in [4.69, 9.17) is 4.74 Å². The zero-order chi connectivity index (χ0) is 15.4. The molecule has 1 aromatic carbocycles. The lowest BCUT2D eigenvalue weighted by molar-refractivity contribution is -0.385. The molecule has 0 saturated heterocycles. The maximum Gasteiger partial charge on any atom is 0.311 e. The fourth-order valence-electron chi connectivity index (χ4n) is 2.04. The highest BCUT2D eigenvalue weighted by Gasteiger charge is 2.15. The highest BCUT2D eigenvalue weighted by atomic mass is 16.6. The molecule has 1 unspecified atom stereocenters. The number of hydrogen-bond acceptors (Lipinski definition) is 5. The van der Waals surface area contributed by atoms with E-state index in [0.717, 1.165) is 11.1 Å². The first-order valence-electron chi connectivity index (χ1n) is 6.56. The van der Waals surface area contributed by atoms with Gasteiger partial charge in [-0.3, -0.25) is 14.8 Å². The van der Waals surface area contributed by atoms with E-state index < -0.39 is 11.0 Å². The third kappa shape index (κ3) is 3.38. The first-order valence-corrected chi connectivity index (χ1v) is 6.56. The van der Waals surface area contributed by atoms with E-state index in [0.29, 0.717) is 13.0 Å². The second kappa shape index (κ2) is 6.36. The molecule has 0 aliphatic heterocycles. The predicted octanol–water partition coefficient (Wildman–Crippen LogP) is 2.29. The number of ether oxygens (including phenoxy) is 1. The first kappa shape index (κ1) is 15.0. The van der Waals surface area contributed by atoms with Gasteiger partial charge in [-0.15, -0.1) is 0 Å². The van der Waals surface area contributed by atoms with E-state index >= 15 is 0 Å². The van der Waals surface area contributed by atoms with Crippen LogP contribution >= 0.6 is 0 Å². The molecule has 2 rings (SSSR count). The number of hydrogen-bond donors (Lipinski definition) is 1. The fourth-order valence-corrected chi connectivity index (χ4v) is 2.04. The third-order valence-corrected chi connectivity index (χ3v) is 3.21. The van der Waals surface area contributed by atoms with E-state index in [-0.39, 0.29) is 11.4 Å². The summed E-state index contributed by atoms with van der Waals surface area (Å²) in [6.07, 6.45) is 3.42. The molecule has 2 aromatic rings. The lowest BCUT2D eigenvalue weighted by Gasteiger charge is -2.06. The summed E-state index contributed by atoms with van der Waals surface area (Å²) in [4.78, 5) is 10.5. The monoisotopic (exact) mass is 291 g/mol. The van der Waals surface area contributed by atoms with E-state index in [2.05, 4.69) is 5.10 Å². The van der Waals surface area contributed by atoms with Gasteiger partial charge in [-0.1, -0.05) is 13.0 Å². The number of nitro groups is 1. The van der Waals surface area contributed by atoms with Crippen LogP contribution in [0.25, 0.3) is 0 Å². The Balaban J connectivity index is 2.21. The summed E-state index contributed by atoms with van der Waals surface area (Å²) >= 11 is 0. The highest BCUT2D eigenvalue weighted by Crippen LogP contribution is 2.27. The van der Waals surface area contributed by atoms with Crippen molar-refractivity contribution in [1.29, 1.82) is 0 Å². The van der Waals surface area contributed by atoms with Gasteiger partial charge in [0.2, 0.25) is 0 Å². The molecule has 0 spiro atoms. The van der Waals surface area contributed by atoms with Crippen LogP contribution in [0.2, 0.25) is 0 Å². The molecular weight excluding hydrogens is 274 g/mol. The van der Waals surface area contributed by atoms with Crippen molar-refractivity contribution in [2.24, 2.45) is 0 Å². The van der Waals surface area contributed by atoms with Gasteiger partial charge in [-0.25, -0.2) is 0 Å². The Morgan fingerprint density at radius 1 is 1.52 bits per heavy atom. The smallest absolute Gasteiger partial charge is 0.311 e. The molecule has 1 N–H and O–H groups in total. The Bertz CT molecular complexity index is 639. The number of rotatable bonds is 6. The number of benzene rings is 1. The van der Waals surface area contributed by atoms with E-state index in [1.54, 1.807) is 29.2 Å². The molecule has 1 aromatic heterocycles. The van der Waals surface area contributed by atoms with Crippen LogP contribution in [0.5, 0.6) is 5.75 Å². The summed E-state index contributed by atoms with van der Waals surface area (Å²) < 4.78 is 6.60. The Hall–Kier alpha value is -2.41. The number of aliphatic hydroxyl groups excluding tert-OH is 1. The SMILES string of the molecule is CCC(O)c1cnn(Cc2ccc(OC)c([N+](=O)[O-])c2)c1. The summed E-state index contributed by atoms with van der Waals surface area (Å²) in [7, 11) is 1.40. The number of methoxy groups -OCH3 is 1. The highest BCUT2D eigenvalue weighted by molar-refractivity contribution is 5.48. The van der Waals surface area contributed by atoms with Crippen LogP contribution in [0.1, 0.15) is 30.6 Å². The maximum absolute atomic E-state index is 11.0. The second-order valence-corrected chi connectivity index (χ2v) is 4.66. The van der Waals surface area contributed by atoms with Gasteiger partial charge >= 0.3 is 5.69 Å². The lowest BCUT2D eigenvalue weighted by atomic mass is 10.1. The largest absolute Gasteiger partial charge is 0.490 e. The van der Waals surface area contributed by atoms with Crippen molar-refractivity contribution in [1.82, 2.24) is 9.78 Å². The fraction of sp³-hybridized carbons (Fsp3) is 0.357. The molecule has 7 nitrogen and oxygen atoms in total. The normalized spacial score (nSPS) is 12.1. The average Bonchev–Trinajstić information content (AvgIpc) is 2.94. The van der Waals surface area contributed by atoms with Crippen LogP contribution in [0, 0.1) is 10.1 Å². The summed E-state index contributed by atoms with van der Waals surface area (Å²) in [6, 6.07) is 4.79. The van der Waals surface area contributed by atoms with Gasteiger partial charge in [0, 0.05) is 17.8 Å². The van der Waals surface area contributed by atoms with E-state index in [9.17, 15) is 15.2 Å². The van der Waals surface area contributed by atoms with Gasteiger partial charge in [-0.05, 0) is 18.1 Å². The van der Waals surface area contributed by atoms with Gasteiger partial charge in [0.15, 0.2) is 5.75 Å². The van der Waals surface area contributed by atoms with Gasteiger partial charge in [0.25, 0.3) is 0 Å². The molecule has 0 radical (unpaired) electrons. The van der Waals surface area contributed by atoms with Crippen LogP contribution in [-0.2, 0) is 6.54 Å². The van der Waals surface area contributed by atoms with Gasteiger partial charge < -0.3 is 9.84 Å². The molecule has 0 amide bonds. The topological polar surface area (TPSA) is 90.4 Å². The Morgan fingerprint density at radius 3 is 2.90 bits per heavy atom. The summed E-state index contributed by atoms with van der Waals surface area (Å²) in [5.41, 5.74) is 1.40. The molecule has 1 heterocycles. The van der Waals surface area contributed by atoms with Crippen molar-refractivity contribution in [3.63, 3.8) is 0 Å². The minimum atomic E-state index is -0.538. The lowest BCUT2D eigenvalue weighted by Crippen LogP contribution is -2.02. The molecule has 1 atom stereocenters. The zero-order valence-corrected chi connectivity index (χ0v) is 11.9. The minimum Gasteiger partial charge on any atom is -0.490 e. The number of nitro benzene ring substituents is 1. The minimum absolute atomic E-state index is 0.0732. The molecule has 21 heavy (non-hydrogen) atoms. The Labute approximate surface area is 121 Å². The van der Waals surface area contributed by atoms with Crippen LogP contribution < -0.4 is 4.74 Å². The second-order valence-electron chi connectivity index (χ2n) is 4.66. The van der Waals surface area contributed by atoms with Gasteiger partial charge in [0.1, 0.15) is 0 Å². The van der Waals surface area contributed by atoms with Crippen LogP contribution in [0.4, 0.5) is 5.69 Å². The first-order chi connectivity index (χ1) is 10.0. The summed E-state index contributed by atoms with van der Waals surface area (Å²) in [5, 5.41) is 24.9. The average molecular weight is 291 g/mol.